The van der Waals surface area contributed by atoms with Gasteiger partial charge in [-0.2, -0.15) is 0 Å². The number of hydrogen-bond acceptors (Lipinski definition) is 4. The van der Waals surface area contributed by atoms with Crippen LogP contribution in [0.4, 0.5) is 0 Å². The van der Waals surface area contributed by atoms with Crippen molar-refractivity contribution in [3.63, 3.8) is 0 Å². The highest BCUT2D eigenvalue weighted by Gasteiger charge is 2.18. The molecule has 1 heterocycles. The summed E-state index contributed by atoms with van der Waals surface area (Å²) >= 11 is 0. The zero-order chi connectivity index (χ0) is 11.5. The summed E-state index contributed by atoms with van der Waals surface area (Å²) in [5.74, 6) is 1.42. The van der Waals surface area contributed by atoms with Gasteiger partial charge in [-0.05, 0) is 24.1 Å². The van der Waals surface area contributed by atoms with Crippen molar-refractivity contribution >= 4 is 0 Å². The Kier molecular flexibility index (Phi) is 3.31. The van der Waals surface area contributed by atoms with Crippen LogP contribution in [0.25, 0.3) is 0 Å². The van der Waals surface area contributed by atoms with E-state index in [0.29, 0.717) is 19.0 Å². The molecule has 4 nitrogen and oxygen atoms in total. The Morgan fingerprint density at radius 1 is 1.31 bits per heavy atom. The van der Waals surface area contributed by atoms with Crippen molar-refractivity contribution in [3.8, 4) is 11.5 Å². The summed E-state index contributed by atoms with van der Waals surface area (Å²) in [6.07, 6.45) is 0.0797. The summed E-state index contributed by atoms with van der Waals surface area (Å²) in [6.45, 7) is 3.07. The molecule has 88 valence electrons. The van der Waals surface area contributed by atoms with E-state index in [-0.39, 0.29) is 6.04 Å². The third-order valence-corrected chi connectivity index (χ3v) is 2.78. The van der Waals surface area contributed by atoms with Gasteiger partial charge in [0.2, 0.25) is 0 Å². The van der Waals surface area contributed by atoms with Crippen molar-refractivity contribution in [2.45, 2.75) is 25.5 Å². The fraction of sp³-hybridized carbons (Fsp3) is 0.500. The average Bonchev–Trinajstić information content (AvgIpc) is 2.36. The Hall–Kier alpha value is -1.26. The van der Waals surface area contributed by atoms with Crippen LogP contribution in [0, 0.1) is 0 Å². The van der Waals surface area contributed by atoms with Crippen LogP contribution in [0.1, 0.15) is 25.0 Å². The van der Waals surface area contributed by atoms with Gasteiger partial charge in [0.1, 0.15) is 13.2 Å². The van der Waals surface area contributed by atoms with Gasteiger partial charge in [-0.25, -0.2) is 0 Å². The largest absolute Gasteiger partial charge is 0.486 e. The number of nitrogens with two attached hydrogens (primary N) is 1. The first-order chi connectivity index (χ1) is 7.72. The van der Waals surface area contributed by atoms with Crippen LogP contribution in [0.3, 0.4) is 0 Å². The van der Waals surface area contributed by atoms with Crippen LogP contribution in [0.5, 0.6) is 11.5 Å². The van der Waals surface area contributed by atoms with Gasteiger partial charge >= 0.3 is 0 Å². The van der Waals surface area contributed by atoms with E-state index < -0.39 is 6.10 Å². The normalized spacial score (nSPS) is 17.9. The SMILES string of the molecule is CCC(N)C(O)c1ccc2c(c1)OCCO2. The second kappa shape index (κ2) is 4.72. The van der Waals surface area contributed by atoms with Crippen molar-refractivity contribution in [3.05, 3.63) is 23.8 Å². The molecule has 0 bridgehead atoms. The van der Waals surface area contributed by atoms with Gasteiger partial charge in [-0.1, -0.05) is 13.0 Å². The molecule has 0 radical (unpaired) electrons. The molecule has 2 unspecified atom stereocenters. The molecule has 0 saturated carbocycles. The molecule has 0 aliphatic carbocycles. The van der Waals surface area contributed by atoms with E-state index in [1.807, 2.05) is 19.1 Å². The van der Waals surface area contributed by atoms with Gasteiger partial charge in [0.05, 0.1) is 6.10 Å². The first kappa shape index (κ1) is 11.2. The summed E-state index contributed by atoms with van der Waals surface area (Å²) in [7, 11) is 0. The van der Waals surface area contributed by atoms with E-state index in [1.165, 1.54) is 0 Å². The first-order valence-corrected chi connectivity index (χ1v) is 5.55. The van der Waals surface area contributed by atoms with Gasteiger partial charge in [-0.3, -0.25) is 0 Å². The highest BCUT2D eigenvalue weighted by atomic mass is 16.6. The molecule has 4 heteroatoms. The summed E-state index contributed by atoms with van der Waals surface area (Å²) in [6, 6.07) is 5.19. The Labute approximate surface area is 95.0 Å². The predicted octanol–water partition coefficient (Wildman–Crippen LogP) is 1.23. The molecule has 1 aliphatic rings. The lowest BCUT2D eigenvalue weighted by Crippen LogP contribution is -2.27. The van der Waals surface area contributed by atoms with Gasteiger partial charge in [0, 0.05) is 6.04 Å². The van der Waals surface area contributed by atoms with E-state index in [0.717, 1.165) is 17.7 Å². The summed E-state index contributed by atoms with van der Waals surface area (Å²) < 4.78 is 10.9. The van der Waals surface area contributed by atoms with Gasteiger partial charge < -0.3 is 20.3 Å². The molecule has 0 saturated heterocycles. The fourth-order valence-corrected chi connectivity index (χ4v) is 1.71. The second-order valence-electron chi connectivity index (χ2n) is 3.92. The number of benzene rings is 1. The number of ether oxygens (including phenoxy) is 2. The van der Waals surface area contributed by atoms with Crippen molar-refractivity contribution in [1.82, 2.24) is 0 Å². The zero-order valence-electron chi connectivity index (χ0n) is 9.35. The maximum Gasteiger partial charge on any atom is 0.161 e. The number of aliphatic hydroxyl groups is 1. The minimum Gasteiger partial charge on any atom is -0.486 e. The zero-order valence-corrected chi connectivity index (χ0v) is 9.35. The van der Waals surface area contributed by atoms with Crippen molar-refractivity contribution < 1.29 is 14.6 Å². The van der Waals surface area contributed by atoms with Crippen LogP contribution < -0.4 is 15.2 Å². The molecular formula is C12H17NO3. The highest BCUT2D eigenvalue weighted by Crippen LogP contribution is 2.33. The number of aliphatic hydroxyl groups excluding tert-OH is 1. The molecule has 0 spiro atoms. The molecule has 16 heavy (non-hydrogen) atoms. The van der Waals surface area contributed by atoms with E-state index in [9.17, 15) is 5.11 Å². The lowest BCUT2D eigenvalue weighted by atomic mass is 10.0. The van der Waals surface area contributed by atoms with Crippen LogP contribution >= 0.6 is 0 Å². The van der Waals surface area contributed by atoms with Crippen LogP contribution in [-0.2, 0) is 0 Å². The lowest BCUT2D eigenvalue weighted by Gasteiger charge is -2.22. The van der Waals surface area contributed by atoms with E-state index in [4.69, 9.17) is 15.2 Å². The Morgan fingerprint density at radius 2 is 2.00 bits per heavy atom. The smallest absolute Gasteiger partial charge is 0.161 e. The molecule has 2 rings (SSSR count). The van der Waals surface area contributed by atoms with Gasteiger partial charge in [0.25, 0.3) is 0 Å². The van der Waals surface area contributed by atoms with Crippen molar-refractivity contribution in [2.75, 3.05) is 13.2 Å². The maximum absolute atomic E-state index is 9.97. The van der Waals surface area contributed by atoms with Crippen molar-refractivity contribution in [1.29, 1.82) is 0 Å². The standard InChI is InChI=1S/C12H17NO3/c1-2-9(13)12(14)8-3-4-10-11(7-8)16-6-5-15-10/h3-4,7,9,12,14H,2,5-6,13H2,1H3. The predicted molar refractivity (Wildman–Crippen MR) is 60.7 cm³/mol. The van der Waals surface area contributed by atoms with Gasteiger partial charge in [-0.15, -0.1) is 0 Å². The molecule has 0 fully saturated rings. The third-order valence-electron chi connectivity index (χ3n) is 2.78. The maximum atomic E-state index is 9.97. The second-order valence-corrected chi connectivity index (χ2v) is 3.92. The molecule has 1 aliphatic heterocycles. The lowest BCUT2D eigenvalue weighted by molar-refractivity contribution is 0.141. The average molecular weight is 223 g/mol. The molecule has 3 N–H and O–H groups in total. The highest BCUT2D eigenvalue weighted by molar-refractivity contribution is 5.44. The third kappa shape index (κ3) is 2.13. The van der Waals surface area contributed by atoms with Crippen LogP contribution in [0.2, 0.25) is 0 Å². The topological polar surface area (TPSA) is 64.7 Å². The van der Waals surface area contributed by atoms with E-state index in [1.54, 1.807) is 6.07 Å². The Balaban J connectivity index is 2.22. The number of hydrogen-bond donors (Lipinski definition) is 2. The first-order valence-electron chi connectivity index (χ1n) is 5.55. The molecule has 1 aromatic rings. The molecule has 1 aromatic carbocycles. The molecule has 0 amide bonds. The fourth-order valence-electron chi connectivity index (χ4n) is 1.71. The minimum absolute atomic E-state index is 0.248. The van der Waals surface area contributed by atoms with E-state index >= 15 is 0 Å². The Morgan fingerprint density at radius 3 is 2.69 bits per heavy atom. The van der Waals surface area contributed by atoms with Crippen LogP contribution in [0.15, 0.2) is 18.2 Å². The number of rotatable bonds is 3. The molecule has 2 atom stereocenters. The quantitative estimate of drug-likeness (QED) is 0.809. The molecular weight excluding hydrogens is 206 g/mol. The van der Waals surface area contributed by atoms with E-state index in [2.05, 4.69) is 0 Å². The number of fused-ring (bicyclic) bond motifs is 1. The summed E-state index contributed by atoms with van der Waals surface area (Å²) in [5.41, 5.74) is 6.58. The van der Waals surface area contributed by atoms with Gasteiger partial charge in [0.15, 0.2) is 11.5 Å². The monoisotopic (exact) mass is 223 g/mol. The Bertz CT molecular complexity index is 367. The van der Waals surface area contributed by atoms with Crippen LogP contribution in [-0.4, -0.2) is 24.4 Å². The van der Waals surface area contributed by atoms with Crippen molar-refractivity contribution in [2.24, 2.45) is 5.73 Å². The molecule has 0 aromatic heterocycles. The minimum atomic E-state index is -0.652. The summed E-state index contributed by atoms with van der Waals surface area (Å²) in [5, 5.41) is 9.97. The summed E-state index contributed by atoms with van der Waals surface area (Å²) in [4.78, 5) is 0.